The lowest BCUT2D eigenvalue weighted by Crippen LogP contribution is -2.51. The molecule has 0 amide bonds. The Bertz CT molecular complexity index is 637. The third-order valence-corrected chi connectivity index (χ3v) is 7.00. The van der Waals surface area contributed by atoms with E-state index < -0.39 is 0 Å². The van der Waals surface area contributed by atoms with Crippen molar-refractivity contribution in [1.29, 1.82) is 0 Å². The molecule has 1 aromatic heterocycles. The van der Waals surface area contributed by atoms with Crippen LogP contribution >= 0.6 is 24.0 Å². The molecule has 2 saturated heterocycles. The Balaban J connectivity index is 0.00000289. The lowest BCUT2D eigenvalue weighted by Gasteiger charge is -2.39. The van der Waals surface area contributed by atoms with Crippen molar-refractivity contribution in [3.8, 4) is 0 Å². The third kappa shape index (κ3) is 8.50. The Morgan fingerprint density at radius 2 is 1.81 bits per heavy atom. The van der Waals surface area contributed by atoms with E-state index in [2.05, 4.69) is 20.4 Å². The Morgan fingerprint density at radius 1 is 1.03 bits per heavy atom. The minimum atomic E-state index is 0. The molecule has 3 aliphatic rings. The molecule has 8 heteroatoms. The number of nitrogens with one attached hydrogen (secondary N) is 2. The molecule has 32 heavy (non-hydrogen) atoms. The second-order valence-electron chi connectivity index (χ2n) is 9.19. The van der Waals surface area contributed by atoms with Gasteiger partial charge in [-0.15, -0.1) is 24.0 Å². The third-order valence-electron chi connectivity index (χ3n) is 7.00. The number of piperidine rings is 1. The first kappa shape index (κ1) is 25.8. The minimum absolute atomic E-state index is 0. The van der Waals surface area contributed by atoms with Crippen LogP contribution in [0.3, 0.4) is 0 Å². The zero-order valence-electron chi connectivity index (χ0n) is 19.5. The summed E-state index contributed by atoms with van der Waals surface area (Å²) >= 11 is 0. The molecule has 2 aliphatic heterocycles. The van der Waals surface area contributed by atoms with Gasteiger partial charge in [0.05, 0.1) is 26.0 Å². The van der Waals surface area contributed by atoms with Crippen LogP contribution in [-0.2, 0) is 11.2 Å². The number of nitrogens with zero attached hydrogens (tertiary/aromatic N) is 3. The van der Waals surface area contributed by atoms with E-state index in [1.165, 1.54) is 58.0 Å². The topological polar surface area (TPSA) is 65.3 Å². The fraction of sp³-hybridized carbons (Fsp3) is 0.792. The van der Waals surface area contributed by atoms with Gasteiger partial charge >= 0.3 is 0 Å². The number of hydrogen-bond donors (Lipinski definition) is 2. The van der Waals surface area contributed by atoms with Crippen LogP contribution in [0.5, 0.6) is 0 Å². The van der Waals surface area contributed by atoms with Gasteiger partial charge in [0.1, 0.15) is 5.76 Å². The molecule has 182 valence electrons. The summed E-state index contributed by atoms with van der Waals surface area (Å²) in [4.78, 5) is 10.1. The Morgan fingerprint density at radius 3 is 2.53 bits per heavy atom. The molecule has 4 rings (SSSR count). The fourth-order valence-electron chi connectivity index (χ4n) is 5.09. The largest absolute Gasteiger partial charge is 0.469 e. The van der Waals surface area contributed by atoms with E-state index in [9.17, 15) is 0 Å². The first-order chi connectivity index (χ1) is 15.4. The summed E-state index contributed by atoms with van der Waals surface area (Å²) in [5.41, 5.74) is 0. The standard InChI is InChI=1S/C24H41N5O2.HI/c1-2-5-22(6-3-1)29-13-9-21(10-14-29)27-24(25-11-8-23-7-4-18-31-23)26-12-15-28-16-19-30-20-17-28;/h4,7,18,21-22H,1-3,5-6,8-17,19-20H2,(H2,25,26,27);1H. The van der Waals surface area contributed by atoms with Gasteiger partial charge in [0.25, 0.3) is 0 Å². The number of rotatable bonds is 8. The van der Waals surface area contributed by atoms with Crippen LogP contribution in [0, 0.1) is 0 Å². The van der Waals surface area contributed by atoms with Crippen molar-refractivity contribution in [3.05, 3.63) is 24.2 Å². The molecule has 0 unspecified atom stereocenters. The van der Waals surface area contributed by atoms with Crippen molar-refractivity contribution in [2.45, 2.75) is 63.5 Å². The van der Waals surface area contributed by atoms with Gasteiger partial charge < -0.3 is 24.7 Å². The first-order valence-electron chi connectivity index (χ1n) is 12.5. The Kier molecular flexibility index (Phi) is 11.6. The van der Waals surface area contributed by atoms with Crippen LogP contribution < -0.4 is 10.6 Å². The molecule has 2 N–H and O–H groups in total. The first-order valence-corrected chi connectivity index (χ1v) is 12.5. The van der Waals surface area contributed by atoms with Crippen LogP contribution in [0.4, 0.5) is 0 Å². The maximum atomic E-state index is 5.47. The number of morpholine rings is 1. The van der Waals surface area contributed by atoms with Crippen LogP contribution in [0.25, 0.3) is 0 Å². The highest BCUT2D eigenvalue weighted by Gasteiger charge is 2.26. The summed E-state index contributed by atoms with van der Waals surface area (Å²) in [5, 5.41) is 7.28. The van der Waals surface area contributed by atoms with Gasteiger partial charge in [0.2, 0.25) is 0 Å². The number of halogens is 1. The predicted molar refractivity (Wildman–Crippen MR) is 140 cm³/mol. The van der Waals surface area contributed by atoms with E-state index in [4.69, 9.17) is 14.1 Å². The number of furan rings is 1. The highest BCUT2D eigenvalue weighted by Crippen LogP contribution is 2.25. The summed E-state index contributed by atoms with van der Waals surface area (Å²) < 4.78 is 10.9. The van der Waals surface area contributed by atoms with Crippen molar-refractivity contribution in [1.82, 2.24) is 20.4 Å². The van der Waals surface area contributed by atoms with Crippen molar-refractivity contribution in [2.75, 3.05) is 59.0 Å². The maximum absolute atomic E-state index is 5.47. The molecule has 0 radical (unpaired) electrons. The average Bonchev–Trinajstić information content (AvgIpc) is 3.34. The monoisotopic (exact) mass is 559 g/mol. The normalized spacial score (nSPS) is 22.4. The van der Waals surface area contributed by atoms with Crippen LogP contribution in [-0.4, -0.2) is 86.9 Å². The molecular weight excluding hydrogens is 517 g/mol. The molecule has 0 aromatic carbocycles. The summed E-state index contributed by atoms with van der Waals surface area (Å²) in [7, 11) is 0. The molecular formula is C24H42IN5O2. The molecule has 3 heterocycles. The molecule has 0 atom stereocenters. The van der Waals surface area contributed by atoms with Crippen LogP contribution in [0.1, 0.15) is 50.7 Å². The van der Waals surface area contributed by atoms with Gasteiger partial charge in [-0.1, -0.05) is 19.3 Å². The highest BCUT2D eigenvalue weighted by molar-refractivity contribution is 14.0. The summed E-state index contributed by atoms with van der Waals surface area (Å²) in [6.07, 6.45) is 12.1. The fourth-order valence-corrected chi connectivity index (χ4v) is 5.09. The number of aliphatic imine (C=N–C) groups is 1. The summed E-state index contributed by atoms with van der Waals surface area (Å²) in [6.45, 7) is 8.80. The van der Waals surface area contributed by atoms with Crippen molar-refractivity contribution in [3.63, 3.8) is 0 Å². The van der Waals surface area contributed by atoms with Gasteiger partial charge in [0, 0.05) is 57.8 Å². The van der Waals surface area contributed by atoms with Crippen molar-refractivity contribution >= 4 is 29.9 Å². The molecule has 7 nitrogen and oxygen atoms in total. The smallest absolute Gasteiger partial charge is 0.191 e. The minimum Gasteiger partial charge on any atom is -0.469 e. The number of ether oxygens (including phenoxy) is 1. The zero-order valence-corrected chi connectivity index (χ0v) is 21.8. The van der Waals surface area contributed by atoms with E-state index in [0.29, 0.717) is 6.04 Å². The summed E-state index contributed by atoms with van der Waals surface area (Å²) in [6, 6.07) is 5.33. The predicted octanol–water partition coefficient (Wildman–Crippen LogP) is 3.10. The highest BCUT2D eigenvalue weighted by atomic mass is 127. The van der Waals surface area contributed by atoms with Crippen molar-refractivity contribution < 1.29 is 9.15 Å². The lowest BCUT2D eigenvalue weighted by molar-refractivity contribution is 0.0394. The molecule has 1 aromatic rings. The summed E-state index contributed by atoms with van der Waals surface area (Å²) in [5.74, 6) is 1.97. The lowest BCUT2D eigenvalue weighted by atomic mass is 9.92. The Hall–Kier alpha value is -0.840. The van der Waals surface area contributed by atoms with Gasteiger partial charge in [-0.25, -0.2) is 0 Å². The van der Waals surface area contributed by atoms with Crippen LogP contribution in [0.15, 0.2) is 27.8 Å². The number of hydrogen-bond acceptors (Lipinski definition) is 5. The van der Waals surface area contributed by atoms with E-state index in [-0.39, 0.29) is 24.0 Å². The van der Waals surface area contributed by atoms with E-state index in [1.807, 2.05) is 12.1 Å². The van der Waals surface area contributed by atoms with E-state index in [0.717, 1.165) is 70.1 Å². The second kappa shape index (κ2) is 14.4. The molecule has 0 spiro atoms. The second-order valence-corrected chi connectivity index (χ2v) is 9.19. The van der Waals surface area contributed by atoms with Crippen LogP contribution in [0.2, 0.25) is 0 Å². The Labute approximate surface area is 210 Å². The van der Waals surface area contributed by atoms with E-state index in [1.54, 1.807) is 6.26 Å². The molecule has 1 saturated carbocycles. The van der Waals surface area contributed by atoms with Gasteiger partial charge in [-0.2, -0.15) is 0 Å². The maximum Gasteiger partial charge on any atom is 0.191 e. The van der Waals surface area contributed by atoms with Gasteiger partial charge in [0.15, 0.2) is 5.96 Å². The molecule has 1 aliphatic carbocycles. The van der Waals surface area contributed by atoms with Crippen molar-refractivity contribution in [2.24, 2.45) is 4.99 Å². The quantitative estimate of drug-likeness (QED) is 0.290. The average molecular weight is 560 g/mol. The van der Waals surface area contributed by atoms with Gasteiger partial charge in [-0.05, 0) is 37.8 Å². The van der Waals surface area contributed by atoms with Gasteiger partial charge in [-0.3, -0.25) is 9.89 Å². The SMILES string of the molecule is I.c1coc(CCNC(=NCCN2CCOCC2)NC2CCN(C3CCCCC3)CC2)c1. The molecule has 3 fully saturated rings. The molecule has 0 bridgehead atoms. The number of likely N-dealkylation sites (tertiary alicyclic amines) is 1. The number of guanidine groups is 1. The van der Waals surface area contributed by atoms with E-state index >= 15 is 0 Å². The zero-order chi connectivity index (χ0) is 21.1.